The molecule has 1 aromatic carbocycles. The molecule has 2 heteroatoms. The first-order valence-corrected chi connectivity index (χ1v) is 4.37. The smallest absolute Gasteiger partial charge is 0.133 e. The van der Waals surface area contributed by atoms with E-state index >= 15 is 0 Å². The lowest BCUT2D eigenvalue weighted by Crippen LogP contribution is -2.02. The molecule has 0 fully saturated rings. The van der Waals surface area contributed by atoms with E-state index in [0.717, 1.165) is 5.75 Å². The summed E-state index contributed by atoms with van der Waals surface area (Å²) in [7, 11) is 0. The highest BCUT2D eigenvalue weighted by atomic mass is 16.5. The molecule has 0 atom stereocenters. The molecule has 0 saturated carbocycles. The first kappa shape index (κ1) is 9.78. The molecule has 13 heavy (non-hydrogen) atoms. The molecule has 0 radical (unpaired) electrons. The molecule has 1 aromatic rings. The zero-order valence-corrected chi connectivity index (χ0v) is 8.04. The number of rotatable bonds is 4. The van der Waals surface area contributed by atoms with Gasteiger partial charge in [-0.1, -0.05) is 17.7 Å². The van der Waals surface area contributed by atoms with Gasteiger partial charge >= 0.3 is 0 Å². The largest absolute Gasteiger partial charge is 0.493 e. The van der Waals surface area contributed by atoms with Gasteiger partial charge in [0, 0.05) is 6.42 Å². The molecule has 0 bridgehead atoms. The first-order valence-electron chi connectivity index (χ1n) is 4.37. The van der Waals surface area contributed by atoms with Gasteiger partial charge in [-0.15, -0.1) is 0 Å². The van der Waals surface area contributed by atoms with E-state index in [1.807, 2.05) is 31.2 Å². The van der Waals surface area contributed by atoms with Gasteiger partial charge in [-0.25, -0.2) is 0 Å². The van der Waals surface area contributed by atoms with Crippen molar-refractivity contribution in [1.29, 1.82) is 0 Å². The Morgan fingerprint density at radius 3 is 2.46 bits per heavy atom. The van der Waals surface area contributed by atoms with Crippen LogP contribution in [0.15, 0.2) is 24.3 Å². The second-order valence-corrected chi connectivity index (χ2v) is 3.11. The van der Waals surface area contributed by atoms with E-state index in [2.05, 4.69) is 0 Å². The van der Waals surface area contributed by atoms with Crippen molar-refractivity contribution in [1.82, 2.24) is 0 Å². The molecule has 0 aromatic heterocycles. The van der Waals surface area contributed by atoms with Gasteiger partial charge in [0.1, 0.15) is 11.5 Å². The first-order chi connectivity index (χ1) is 6.18. The van der Waals surface area contributed by atoms with Crippen LogP contribution in [0.2, 0.25) is 0 Å². The average Bonchev–Trinajstić information content (AvgIpc) is 2.08. The molecule has 0 spiro atoms. The Morgan fingerprint density at radius 2 is 1.92 bits per heavy atom. The quantitative estimate of drug-likeness (QED) is 0.707. The van der Waals surface area contributed by atoms with Crippen molar-refractivity contribution in [2.75, 3.05) is 6.61 Å². The third-order valence-electron chi connectivity index (χ3n) is 1.74. The second kappa shape index (κ2) is 4.65. The van der Waals surface area contributed by atoms with Crippen molar-refractivity contribution in [3.63, 3.8) is 0 Å². The lowest BCUT2D eigenvalue weighted by atomic mass is 10.2. The van der Waals surface area contributed by atoms with Crippen LogP contribution in [0.4, 0.5) is 0 Å². The standard InChI is InChI=1S/C11H14O2/c1-9-3-5-11(6-4-9)13-8-7-10(2)12/h3-6H,7-8H2,1-2H3. The predicted molar refractivity (Wildman–Crippen MR) is 52.0 cm³/mol. The van der Waals surface area contributed by atoms with Gasteiger partial charge in [-0.05, 0) is 26.0 Å². The van der Waals surface area contributed by atoms with E-state index in [4.69, 9.17) is 4.74 Å². The summed E-state index contributed by atoms with van der Waals surface area (Å²) < 4.78 is 5.35. The maximum atomic E-state index is 10.6. The number of ether oxygens (including phenoxy) is 1. The Labute approximate surface area is 78.5 Å². The van der Waals surface area contributed by atoms with Crippen molar-refractivity contribution in [3.05, 3.63) is 29.8 Å². The second-order valence-electron chi connectivity index (χ2n) is 3.11. The molecule has 1 rings (SSSR count). The highest BCUT2D eigenvalue weighted by molar-refractivity contribution is 5.75. The van der Waals surface area contributed by atoms with Crippen LogP contribution in [0, 0.1) is 6.92 Å². The van der Waals surface area contributed by atoms with Gasteiger partial charge in [-0.3, -0.25) is 4.79 Å². The molecule has 0 aliphatic carbocycles. The van der Waals surface area contributed by atoms with Gasteiger partial charge in [0.2, 0.25) is 0 Å². The molecule has 0 amide bonds. The molecule has 0 unspecified atom stereocenters. The van der Waals surface area contributed by atoms with Gasteiger partial charge in [0.05, 0.1) is 6.61 Å². The number of hydrogen-bond donors (Lipinski definition) is 0. The van der Waals surface area contributed by atoms with Gasteiger partial charge in [0.25, 0.3) is 0 Å². The molecule has 0 saturated heterocycles. The lowest BCUT2D eigenvalue weighted by molar-refractivity contribution is -0.117. The molecule has 0 heterocycles. The van der Waals surface area contributed by atoms with Crippen molar-refractivity contribution >= 4 is 5.78 Å². The van der Waals surface area contributed by atoms with E-state index < -0.39 is 0 Å². The Balaban J connectivity index is 2.37. The topological polar surface area (TPSA) is 26.3 Å². The van der Waals surface area contributed by atoms with Gasteiger partial charge in [-0.2, -0.15) is 0 Å². The summed E-state index contributed by atoms with van der Waals surface area (Å²) in [5.41, 5.74) is 1.21. The van der Waals surface area contributed by atoms with Crippen molar-refractivity contribution in [2.45, 2.75) is 20.3 Å². The number of benzene rings is 1. The summed E-state index contributed by atoms with van der Waals surface area (Å²) in [5, 5.41) is 0. The minimum Gasteiger partial charge on any atom is -0.493 e. The van der Waals surface area contributed by atoms with Crippen LogP contribution < -0.4 is 4.74 Å². The number of hydrogen-bond acceptors (Lipinski definition) is 2. The predicted octanol–water partition coefficient (Wildman–Crippen LogP) is 2.35. The summed E-state index contributed by atoms with van der Waals surface area (Å²) in [6.07, 6.45) is 0.480. The van der Waals surface area contributed by atoms with Crippen LogP contribution in [-0.2, 0) is 4.79 Å². The minimum atomic E-state index is 0.159. The fraction of sp³-hybridized carbons (Fsp3) is 0.364. The van der Waals surface area contributed by atoms with Gasteiger partial charge in [0.15, 0.2) is 0 Å². The zero-order chi connectivity index (χ0) is 9.68. The zero-order valence-electron chi connectivity index (χ0n) is 8.04. The number of carbonyl (C=O) groups is 1. The van der Waals surface area contributed by atoms with E-state index in [1.165, 1.54) is 5.56 Å². The van der Waals surface area contributed by atoms with Crippen molar-refractivity contribution in [2.24, 2.45) is 0 Å². The fourth-order valence-electron chi connectivity index (χ4n) is 0.947. The van der Waals surface area contributed by atoms with E-state index in [0.29, 0.717) is 13.0 Å². The minimum absolute atomic E-state index is 0.159. The maximum Gasteiger partial charge on any atom is 0.133 e. The molecule has 0 aliphatic heterocycles. The number of aryl methyl sites for hydroxylation is 1. The fourth-order valence-corrected chi connectivity index (χ4v) is 0.947. The van der Waals surface area contributed by atoms with Crippen molar-refractivity contribution in [3.8, 4) is 5.75 Å². The molecular formula is C11H14O2. The molecular weight excluding hydrogens is 164 g/mol. The SMILES string of the molecule is CC(=O)CCOc1ccc(C)cc1. The molecule has 0 N–H and O–H groups in total. The van der Waals surface area contributed by atoms with E-state index in [-0.39, 0.29) is 5.78 Å². The highest BCUT2D eigenvalue weighted by Gasteiger charge is 1.95. The Kier molecular flexibility index (Phi) is 3.50. The van der Waals surface area contributed by atoms with Crippen LogP contribution >= 0.6 is 0 Å². The monoisotopic (exact) mass is 178 g/mol. The maximum absolute atomic E-state index is 10.6. The highest BCUT2D eigenvalue weighted by Crippen LogP contribution is 2.11. The summed E-state index contributed by atoms with van der Waals surface area (Å²) in [5.74, 6) is 0.985. The van der Waals surface area contributed by atoms with Crippen molar-refractivity contribution < 1.29 is 9.53 Å². The van der Waals surface area contributed by atoms with Crippen LogP contribution in [-0.4, -0.2) is 12.4 Å². The number of Topliss-reactive ketones (excluding diaryl/α,β-unsaturated/α-hetero) is 1. The third-order valence-corrected chi connectivity index (χ3v) is 1.74. The molecule has 2 nitrogen and oxygen atoms in total. The van der Waals surface area contributed by atoms with Crippen LogP contribution in [0.25, 0.3) is 0 Å². The number of ketones is 1. The summed E-state index contributed by atoms with van der Waals surface area (Å²) in [4.78, 5) is 10.6. The van der Waals surface area contributed by atoms with Crippen LogP contribution in [0.3, 0.4) is 0 Å². The van der Waals surface area contributed by atoms with Gasteiger partial charge < -0.3 is 4.74 Å². The summed E-state index contributed by atoms with van der Waals surface area (Å²) in [6, 6.07) is 7.80. The summed E-state index contributed by atoms with van der Waals surface area (Å²) in [6.45, 7) is 4.07. The lowest BCUT2D eigenvalue weighted by Gasteiger charge is -2.04. The molecule has 0 aliphatic rings. The van der Waals surface area contributed by atoms with E-state index in [9.17, 15) is 4.79 Å². The van der Waals surface area contributed by atoms with E-state index in [1.54, 1.807) is 6.92 Å². The Morgan fingerprint density at radius 1 is 1.31 bits per heavy atom. The van der Waals surface area contributed by atoms with Crippen LogP contribution in [0.5, 0.6) is 5.75 Å². The summed E-state index contributed by atoms with van der Waals surface area (Å²) >= 11 is 0. The Hall–Kier alpha value is -1.31. The normalized spacial score (nSPS) is 9.69. The average molecular weight is 178 g/mol. The number of carbonyl (C=O) groups excluding carboxylic acids is 1. The third kappa shape index (κ3) is 3.74. The Bertz CT molecular complexity index is 275. The molecule has 70 valence electrons. The van der Waals surface area contributed by atoms with Crippen LogP contribution in [0.1, 0.15) is 18.9 Å².